The molecule has 0 saturated heterocycles. The minimum atomic E-state index is 0.453. The Morgan fingerprint density at radius 3 is 2.48 bits per heavy atom. The molecular weight excluding hydrogens is 324 g/mol. The van der Waals surface area contributed by atoms with Crippen LogP contribution < -0.4 is 0 Å². The lowest BCUT2D eigenvalue weighted by Gasteiger charge is -2.17. The molecule has 108 valence electrons. The molecule has 1 heterocycles. The van der Waals surface area contributed by atoms with Crippen molar-refractivity contribution in [3.8, 4) is 0 Å². The normalized spacial score (nSPS) is 12.7. The fourth-order valence-corrected chi connectivity index (χ4v) is 3.37. The quantitative estimate of drug-likeness (QED) is 0.610. The molecule has 3 aromatic rings. The highest BCUT2D eigenvalue weighted by molar-refractivity contribution is 9.09. The van der Waals surface area contributed by atoms with Crippen molar-refractivity contribution < 1.29 is 0 Å². The monoisotopic (exact) mass is 342 g/mol. The van der Waals surface area contributed by atoms with Gasteiger partial charge in [0, 0.05) is 24.2 Å². The number of para-hydroxylation sites is 2. The second-order valence-electron chi connectivity index (χ2n) is 5.24. The minimum Gasteiger partial charge on any atom is -0.327 e. The van der Waals surface area contributed by atoms with Crippen LogP contribution in [0.25, 0.3) is 11.0 Å². The number of rotatable bonds is 5. The van der Waals surface area contributed by atoms with E-state index in [0.717, 1.165) is 29.6 Å². The summed E-state index contributed by atoms with van der Waals surface area (Å²) in [5, 5.41) is 0.951. The summed E-state index contributed by atoms with van der Waals surface area (Å²) in [5.41, 5.74) is 3.70. The summed E-state index contributed by atoms with van der Waals surface area (Å²) in [6, 6.07) is 19.1. The largest absolute Gasteiger partial charge is 0.327 e. The maximum atomic E-state index is 4.76. The first-order valence-electron chi connectivity index (χ1n) is 7.38. The summed E-state index contributed by atoms with van der Waals surface area (Å²) in [5.74, 6) is 1.62. The molecule has 0 aliphatic heterocycles. The minimum absolute atomic E-state index is 0.453. The van der Waals surface area contributed by atoms with Crippen molar-refractivity contribution in [3.63, 3.8) is 0 Å². The first-order valence-corrected chi connectivity index (χ1v) is 8.50. The van der Waals surface area contributed by atoms with Crippen LogP contribution in [-0.2, 0) is 13.0 Å². The van der Waals surface area contributed by atoms with Crippen molar-refractivity contribution in [2.45, 2.75) is 25.8 Å². The summed E-state index contributed by atoms with van der Waals surface area (Å²) in [6.45, 7) is 3.13. The smallest absolute Gasteiger partial charge is 0.109 e. The Bertz CT molecular complexity index is 718. The molecule has 0 bridgehead atoms. The van der Waals surface area contributed by atoms with Gasteiger partial charge >= 0.3 is 0 Å². The Hall–Kier alpha value is -1.61. The van der Waals surface area contributed by atoms with Gasteiger partial charge in [-0.05, 0) is 17.7 Å². The third-order valence-corrected chi connectivity index (χ3v) is 4.69. The van der Waals surface area contributed by atoms with Crippen molar-refractivity contribution in [1.82, 2.24) is 9.55 Å². The summed E-state index contributed by atoms with van der Waals surface area (Å²) in [4.78, 5) is 4.76. The van der Waals surface area contributed by atoms with E-state index in [-0.39, 0.29) is 0 Å². The van der Waals surface area contributed by atoms with Crippen molar-refractivity contribution >= 4 is 27.0 Å². The van der Waals surface area contributed by atoms with Crippen LogP contribution in [0.15, 0.2) is 54.6 Å². The Balaban J connectivity index is 2.00. The van der Waals surface area contributed by atoms with E-state index in [0.29, 0.717) is 5.92 Å². The molecule has 1 unspecified atom stereocenters. The molecule has 0 aliphatic carbocycles. The van der Waals surface area contributed by atoms with E-state index in [1.165, 1.54) is 11.1 Å². The highest BCUT2D eigenvalue weighted by Crippen LogP contribution is 2.24. The van der Waals surface area contributed by atoms with Gasteiger partial charge in [0.05, 0.1) is 11.0 Å². The number of aromatic nitrogens is 2. The predicted molar refractivity (Wildman–Crippen MR) is 92.1 cm³/mol. The summed E-state index contributed by atoms with van der Waals surface area (Å²) < 4.78 is 2.37. The number of hydrogen-bond acceptors (Lipinski definition) is 1. The number of hydrogen-bond donors (Lipinski definition) is 0. The SMILES string of the molecule is CCc1nc2ccccc2n1CC(CBr)c1ccccc1. The number of halogens is 1. The summed E-state index contributed by atoms with van der Waals surface area (Å²) in [6.07, 6.45) is 0.957. The van der Waals surface area contributed by atoms with Crippen LogP contribution in [0.1, 0.15) is 24.2 Å². The molecule has 0 N–H and O–H groups in total. The van der Waals surface area contributed by atoms with Gasteiger partial charge in [-0.3, -0.25) is 0 Å². The predicted octanol–water partition coefficient (Wildman–Crippen LogP) is 4.78. The summed E-state index contributed by atoms with van der Waals surface area (Å²) in [7, 11) is 0. The average molecular weight is 343 g/mol. The molecule has 0 aliphatic rings. The number of benzene rings is 2. The van der Waals surface area contributed by atoms with Gasteiger partial charge in [-0.1, -0.05) is 65.3 Å². The number of imidazole rings is 1. The fraction of sp³-hybridized carbons (Fsp3) is 0.278. The molecule has 2 nitrogen and oxygen atoms in total. The zero-order valence-electron chi connectivity index (χ0n) is 12.2. The molecule has 0 fully saturated rings. The van der Waals surface area contributed by atoms with Crippen molar-refractivity contribution in [1.29, 1.82) is 0 Å². The van der Waals surface area contributed by atoms with Gasteiger partial charge in [-0.2, -0.15) is 0 Å². The molecule has 0 radical (unpaired) electrons. The zero-order chi connectivity index (χ0) is 14.7. The topological polar surface area (TPSA) is 17.8 Å². The molecule has 3 heteroatoms. The lowest BCUT2D eigenvalue weighted by molar-refractivity contribution is 0.596. The van der Waals surface area contributed by atoms with E-state index < -0.39 is 0 Å². The molecule has 2 aromatic carbocycles. The van der Waals surface area contributed by atoms with E-state index >= 15 is 0 Å². The van der Waals surface area contributed by atoms with E-state index in [4.69, 9.17) is 4.98 Å². The maximum Gasteiger partial charge on any atom is 0.109 e. The van der Waals surface area contributed by atoms with E-state index in [1.54, 1.807) is 0 Å². The molecule has 3 rings (SSSR count). The standard InChI is InChI=1S/C18H19BrN2/c1-2-18-20-16-10-6-7-11-17(16)21(18)13-15(12-19)14-8-4-3-5-9-14/h3-11,15H,2,12-13H2,1H3. The van der Waals surface area contributed by atoms with Gasteiger partial charge < -0.3 is 4.57 Å². The lowest BCUT2D eigenvalue weighted by atomic mass is 10.0. The summed E-state index contributed by atoms with van der Waals surface area (Å²) >= 11 is 3.68. The van der Waals surface area contributed by atoms with E-state index in [1.807, 2.05) is 0 Å². The Morgan fingerprint density at radius 2 is 1.76 bits per heavy atom. The highest BCUT2D eigenvalue weighted by Gasteiger charge is 2.15. The van der Waals surface area contributed by atoms with Gasteiger partial charge in [-0.25, -0.2) is 4.98 Å². The Morgan fingerprint density at radius 1 is 1.05 bits per heavy atom. The molecule has 0 saturated carbocycles. The van der Waals surface area contributed by atoms with Gasteiger partial charge in [0.25, 0.3) is 0 Å². The Kier molecular flexibility index (Phi) is 4.39. The number of aryl methyl sites for hydroxylation is 1. The number of alkyl halides is 1. The molecule has 1 aromatic heterocycles. The van der Waals surface area contributed by atoms with Crippen molar-refractivity contribution in [3.05, 3.63) is 66.0 Å². The van der Waals surface area contributed by atoms with Gasteiger partial charge in [0.15, 0.2) is 0 Å². The second kappa shape index (κ2) is 6.44. The zero-order valence-corrected chi connectivity index (χ0v) is 13.8. The molecule has 1 atom stereocenters. The van der Waals surface area contributed by atoms with Crippen LogP contribution in [-0.4, -0.2) is 14.9 Å². The average Bonchev–Trinajstić information content (AvgIpc) is 2.91. The van der Waals surface area contributed by atoms with Crippen molar-refractivity contribution in [2.24, 2.45) is 0 Å². The van der Waals surface area contributed by atoms with Crippen LogP contribution >= 0.6 is 15.9 Å². The molecule has 21 heavy (non-hydrogen) atoms. The lowest BCUT2D eigenvalue weighted by Crippen LogP contribution is -2.13. The van der Waals surface area contributed by atoms with Gasteiger partial charge in [0.2, 0.25) is 0 Å². The highest BCUT2D eigenvalue weighted by atomic mass is 79.9. The third kappa shape index (κ3) is 2.88. The van der Waals surface area contributed by atoms with Crippen molar-refractivity contribution in [2.75, 3.05) is 5.33 Å². The van der Waals surface area contributed by atoms with Crippen LogP contribution in [0.4, 0.5) is 0 Å². The van der Waals surface area contributed by atoms with Gasteiger partial charge in [0.1, 0.15) is 5.82 Å². The molecule has 0 spiro atoms. The van der Waals surface area contributed by atoms with Crippen LogP contribution in [0.5, 0.6) is 0 Å². The first-order chi connectivity index (χ1) is 10.3. The van der Waals surface area contributed by atoms with Gasteiger partial charge in [-0.15, -0.1) is 0 Å². The maximum absolute atomic E-state index is 4.76. The second-order valence-corrected chi connectivity index (χ2v) is 5.89. The van der Waals surface area contributed by atoms with Crippen LogP contribution in [0, 0.1) is 0 Å². The van der Waals surface area contributed by atoms with E-state index in [9.17, 15) is 0 Å². The van der Waals surface area contributed by atoms with E-state index in [2.05, 4.69) is 82.0 Å². The number of fused-ring (bicyclic) bond motifs is 1. The molecular formula is C18H19BrN2. The van der Waals surface area contributed by atoms with Crippen LogP contribution in [0.2, 0.25) is 0 Å². The number of nitrogens with zero attached hydrogens (tertiary/aromatic N) is 2. The molecule has 0 amide bonds. The first kappa shape index (κ1) is 14.3. The van der Waals surface area contributed by atoms with Crippen LogP contribution in [0.3, 0.4) is 0 Å². The third-order valence-electron chi connectivity index (χ3n) is 3.91. The fourth-order valence-electron chi connectivity index (χ4n) is 2.79. The Labute approximate surface area is 134 Å².